The zero-order valence-corrected chi connectivity index (χ0v) is 12.2. The lowest BCUT2D eigenvalue weighted by Crippen LogP contribution is -2.51. The molecule has 0 unspecified atom stereocenters. The lowest BCUT2D eigenvalue weighted by atomic mass is 9.91. The maximum Gasteiger partial charge on any atom is 0.407 e. The van der Waals surface area contributed by atoms with Gasteiger partial charge in [0.05, 0.1) is 24.5 Å². The van der Waals surface area contributed by atoms with E-state index in [0.29, 0.717) is 19.3 Å². The SMILES string of the molecule is CC(C)(O)C[C@@H]1CC[C@@H](OS(C)(=O)=O)CN1C(=O)O. The molecule has 0 bridgehead atoms. The molecule has 19 heavy (non-hydrogen) atoms. The summed E-state index contributed by atoms with van der Waals surface area (Å²) in [6.07, 6.45) is 0.403. The van der Waals surface area contributed by atoms with Gasteiger partial charge in [0, 0.05) is 6.04 Å². The summed E-state index contributed by atoms with van der Waals surface area (Å²) >= 11 is 0. The molecule has 0 aromatic carbocycles. The summed E-state index contributed by atoms with van der Waals surface area (Å²) < 4.78 is 27.0. The number of amides is 1. The first kappa shape index (κ1) is 16.2. The van der Waals surface area contributed by atoms with Crippen LogP contribution in [0.25, 0.3) is 0 Å². The number of carboxylic acid groups (broad SMARTS) is 1. The van der Waals surface area contributed by atoms with E-state index >= 15 is 0 Å². The third-order valence-corrected chi connectivity index (χ3v) is 3.58. The fourth-order valence-corrected chi connectivity index (χ4v) is 2.99. The second kappa shape index (κ2) is 5.64. The first-order chi connectivity index (χ1) is 8.48. The van der Waals surface area contributed by atoms with Gasteiger partial charge in [-0.15, -0.1) is 0 Å². The highest BCUT2D eigenvalue weighted by Gasteiger charge is 2.36. The van der Waals surface area contributed by atoms with E-state index in [1.54, 1.807) is 13.8 Å². The predicted molar refractivity (Wildman–Crippen MR) is 68.4 cm³/mol. The molecule has 0 spiro atoms. The summed E-state index contributed by atoms with van der Waals surface area (Å²) in [6.45, 7) is 3.24. The van der Waals surface area contributed by atoms with Gasteiger partial charge in [-0.05, 0) is 33.1 Å². The summed E-state index contributed by atoms with van der Waals surface area (Å²) in [6, 6.07) is -0.322. The van der Waals surface area contributed by atoms with Gasteiger partial charge in [0.15, 0.2) is 0 Å². The van der Waals surface area contributed by atoms with Crippen LogP contribution in [0.15, 0.2) is 0 Å². The number of carbonyl (C=O) groups is 1. The summed E-state index contributed by atoms with van der Waals surface area (Å²) in [5, 5.41) is 18.9. The van der Waals surface area contributed by atoms with Gasteiger partial charge in [0.25, 0.3) is 10.1 Å². The molecular weight excluding hydrogens is 274 g/mol. The molecule has 1 heterocycles. The van der Waals surface area contributed by atoms with Gasteiger partial charge in [-0.2, -0.15) is 8.42 Å². The minimum Gasteiger partial charge on any atom is -0.465 e. The van der Waals surface area contributed by atoms with Crippen molar-refractivity contribution in [3.63, 3.8) is 0 Å². The highest BCUT2D eigenvalue weighted by Crippen LogP contribution is 2.26. The minimum atomic E-state index is -3.59. The highest BCUT2D eigenvalue weighted by molar-refractivity contribution is 7.86. The van der Waals surface area contributed by atoms with Crippen LogP contribution in [0.1, 0.15) is 33.1 Å². The highest BCUT2D eigenvalue weighted by atomic mass is 32.2. The molecule has 0 aromatic heterocycles. The zero-order valence-electron chi connectivity index (χ0n) is 11.4. The molecule has 1 aliphatic rings. The molecule has 8 heteroatoms. The van der Waals surface area contributed by atoms with Crippen molar-refractivity contribution in [1.29, 1.82) is 0 Å². The van der Waals surface area contributed by atoms with E-state index in [1.807, 2.05) is 0 Å². The van der Waals surface area contributed by atoms with Crippen molar-refractivity contribution < 1.29 is 27.6 Å². The number of hydrogen-bond donors (Lipinski definition) is 2. The molecule has 7 nitrogen and oxygen atoms in total. The van der Waals surface area contributed by atoms with Gasteiger partial charge in [-0.25, -0.2) is 4.79 Å². The van der Waals surface area contributed by atoms with E-state index in [4.69, 9.17) is 9.29 Å². The topological polar surface area (TPSA) is 104 Å². The van der Waals surface area contributed by atoms with Crippen LogP contribution in [-0.2, 0) is 14.3 Å². The number of aliphatic hydroxyl groups is 1. The molecule has 0 aliphatic carbocycles. The van der Waals surface area contributed by atoms with Crippen LogP contribution in [0.3, 0.4) is 0 Å². The average Bonchev–Trinajstić information content (AvgIpc) is 2.15. The Labute approximate surface area is 113 Å². The van der Waals surface area contributed by atoms with E-state index in [0.717, 1.165) is 11.2 Å². The van der Waals surface area contributed by atoms with Gasteiger partial charge in [-0.1, -0.05) is 0 Å². The Balaban J connectivity index is 2.73. The molecule has 0 saturated carbocycles. The molecule has 2 N–H and O–H groups in total. The number of piperidine rings is 1. The molecule has 2 atom stereocenters. The van der Waals surface area contributed by atoms with Crippen molar-refractivity contribution in [2.24, 2.45) is 0 Å². The molecule has 1 fully saturated rings. The third-order valence-electron chi connectivity index (χ3n) is 2.95. The zero-order chi connectivity index (χ0) is 14.8. The molecule has 1 saturated heterocycles. The van der Waals surface area contributed by atoms with Crippen LogP contribution in [0.2, 0.25) is 0 Å². The molecule has 0 radical (unpaired) electrons. The van der Waals surface area contributed by atoms with E-state index in [9.17, 15) is 18.3 Å². The fourth-order valence-electron chi connectivity index (χ4n) is 2.34. The Morgan fingerprint density at radius 1 is 1.42 bits per heavy atom. The van der Waals surface area contributed by atoms with Crippen LogP contribution < -0.4 is 0 Å². The lowest BCUT2D eigenvalue weighted by molar-refractivity contribution is 0.00251. The summed E-state index contributed by atoms with van der Waals surface area (Å²) in [7, 11) is -3.59. The van der Waals surface area contributed by atoms with Crippen molar-refractivity contribution in [3.8, 4) is 0 Å². The van der Waals surface area contributed by atoms with E-state index in [1.165, 1.54) is 0 Å². The van der Waals surface area contributed by atoms with Crippen LogP contribution in [0, 0.1) is 0 Å². The molecule has 1 amide bonds. The molecule has 1 aliphatic heterocycles. The summed E-state index contributed by atoms with van der Waals surface area (Å²) in [4.78, 5) is 12.4. The number of hydrogen-bond acceptors (Lipinski definition) is 5. The Kier molecular flexibility index (Phi) is 4.81. The Bertz CT molecular complexity index is 427. The van der Waals surface area contributed by atoms with Crippen LogP contribution in [0.4, 0.5) is 4.79 Å². The summed E-state index contributed by atoms with van der Waals surface area (Å²) in [5.74, 6) is 0. The number of rotatable bonds is 4. The standard InChI is InChI=1S/C11H21NO6S/c1-11(2,15)6-8-4-5-9(18-19(3,16)17)7-12(8)10(13)14/h8-9,15H,4-7H2,1-3H3,(H,13,14)/t8-,9+/m0/s1. The van der Waals surface area contributed by atoms with Crippen molar-refractivity contribution >= 4 is 16.2 Å². The number of likely N-dealkylation sites (tertiary alicyclic amines) is 1. The maximum absolute atomic E-state index is 11.2. The van der Waals surface area contributed by atoms with E-state index in [2.05, 4.69) is 0 Å². The summed E-state index contributed by atoms with van der Waals surface area (Å²) in [5.41, 5.74) is -0.969. The van der Waals surface area contributed by atoms with E-state index in [-0.39, 0.29) is 12.6 Å². The van der Waals surface area contributed by atoms with Crippen molar-refractivity contribution in [2.75, 3.05) is 12.8 Å². The first-order valence-corrected chi connectivity index (χ1v) is 7.90. The third kappa shape index (κ3) is 5.75. The Morgan fingerprint density at radius 3 is 2.42 bits per heavy atom. The largest absolute Gasteiger partial charge is 0.465 e. The second-order valence-corrected chi connectivity index (χ2v) is 7.21. The van der Waals surface area contributed by atoms with Gasteiger partial charge in [0.2, 0.25) is 0 Å². The van der Waals surface area contributed by atoms with Crippen molar-refractivity contribution in [1.82, 2.24) is 4.90 Å². The normalized spacial score (nSPS) is 25.4. The van der Waals surface area contributed by atoms with Crippen molar-refractivity contribution in [3.05, 3.63) is 0 Å². The Hall–Kier alpha value is -0.860. The van der Waals surface area contributed by atoms with E-state index < -0.39 is 27.9 Å². The second-order valence-electron chi connectivity index (χ2n) is 5.61. The van der Waals surface area contributed by atoms with Gasteiger partial charge in [-0.3, -0.25) is 4.18 Å². The van der Waals surface area contributed by atoms with Crippen LogP contribution >= 0.6 is 0 Å². The molecule has 112 valence electrons. The predicted octanol–water partition coefficient (Wildman–Crippen LogP) is 0.635. The van der Waals surface area contributed by atoms with Crippen molar-refractivity contribution in [2.45, 2.75) is 50.9 Å². The van der Waals surface area contributed by atoms with Gasteiger partial charge < -0.3 is 15.1 Å². The average molecular weight is 295 g/mol. The Morgan fingerprint density at radius 2 is 2.00 bits per heavy atom. The maximum atomic E-state index is 11.2. The minimum absolute atomic E-state index is 0.00313. The smallest absolute Gasteiger partial charge is 0.407 e. The van der Waals surface area contributed by atoms with Crippen LogP contribution in [-0.4, -0.2) is 60.2 Å². The van der Waals surface area contributed by atoms with Crippen LogP contribution in [0.5, 0.6) is 0 Å². The molecular formula is C11H21NO6S. The quantitative estimate of drug-likeness (QED) is 0.737. The fraction of sp³-hybridized carbons (Fsp3) is 0.909. The first-order valence-electron chi connectivity index (χ1n) is 6.08. The monoisotopic (exact) mass is 295 g/mol. The number of nitrogens with zero attached hydrogens (tertiary/aromatic N) is 1. The molecule has 0 aromatic rings. The van der Waals surface area contributed by atoms with Gasteiger partial charge >= 0.3 is 6.09 Å². The lowest BCUT2D eigenvalue weighted by Gasteiger charge is -2.39. The molecule has 1 rings (SSSR count). The van der Waals surface area contributed by atoms with Gasteiger partial charge in [0.1, 0.15) is 0 Å².